The van der Waals surface area contributed by atoms with Crippen molar-refractivity contribution in [3.05, 3.63) is 90.3 Å². The average molecular weight is 423 g/mol. The summed E-state index contributed by atoms with van der Waals surface area (Å²) in [6.45, 7) is 6.48. The number of piperazine rings is 1. The van der Waals surface area contributed by atoms with Gasteiger partial charge >= 0.3 is 0 Å². The third kappa shape index (κ3) is 3.82. The molecular formula is C27H26N4O. The number of carbonyl (C=O) groups excluding carboxylic acids is 1. The molecule has 1 aliphatic rings. The van der Waals surface area contributed by atoms with E-state index < -0.39 is 0 Å². The van der Waals surface area contributed by atoms with Crippen molar-refractivity contribution in [3.8, 4) is 11.3 Å². The highest BCUT2D eigenvalue weighted by Gasteiger charge is 2.28. The molecule has 4 aromatic rings. The van der Waals surface area contributed by atoms with E-state index >= 15 is 0 Å². The minimum absolute atomic E-state index is 0.0642. The summed E-state index contributed by atoms with van der Waals surface area (Å²) in [5.41, 5.74) is 5.75. The summed E-state index contributed by atoms with van der Waals surface area (Å²) >= 11 is 0. The van der Waals surface area contributed by atoms with Crippen molar-refractivity contribution in [2.45, 2.75) is 19.9 Å². The lowest BCUT2D eigenvalue weighted by Crippen LogP contribution is -2.53. The van der Waals surface area contributed by atoms with Crippen LogP contribution in [0.15, 0.2) is 79.1 Å². The second-order valence-corrected chi connectivity index (χ2v) is 8.44. The second kappa shape index (κ2) is 8.42. The number of aromatic nitrogens is 2. The van der Waals surface area contributed by atoms with E-state index in [-0.39, 0.29) is 11.9 Å². The van der Waals surface area contributed by atoms with Gasteiger partial charge in [-0.3, -0.25) is 9.78 Å². The van der Waals surface area contributed by atoms with Crippen LogP contribution in [0, 0.1) is 6.92 Å². The van der Waals surface area contributed by atoms with Gasteiger partial charge in [-0.15, -0.1) is 0 Å². The molecule has 5 nitrogen and oxygen atoms in total. The lowest BCUT2D eigenvalue weighted by atomic mass is 10.0. The number of amides is 1. The molecule has 0 bridgehead atoms. The van der Waals surface area contributed by atoms with Crippen LogP contribution in [0.1, 0.15) is 22.8 Å². The molecule has 5 rings (SSSR count). The van der Waals surface area contributed by atoms with Gasteiger partial charge < -0.3 is 9.80 Å². The maximum Gasteiger partial charge on any atom is 0.254 e. The largest absolute Gasteiger partial charge is 0.365 e. The molecule has 5 heteroatoms. The number of nitrogens with zero attached hydrogens (tertiary/aromatic N) is 4. The molecule has 1 atom stereocenters. The van der Waals surface area contributed by atoms with Crippen molar-refractivity contribution in [2.24, 2.45) is 0 Å². The van der Waals surface area contributed by atoms with E-state index in [0.717, 1.165) is 28.7 Å². The molecule has 32 heavy (non-hydrogen) atoms. The van der Waals surface area contributed by atoms with Crippen LogP contribution in [0.4, 0.5) is 5.69 Å². The number of rotatable bonds is 3. The van der Waals surface area contributed by atoms with Crippen LogP contribution < -0.4 is 4.90 Å². The van der Waals surface area contributed by atoms with Crippen molar-refractivity contribution < 1.29 is 4.79 Å². The summed E-state index contributed by atoms with van der Waals surface area (Å²) in [4.78, 5) is 27.0. The van der Waals surface area contributed by atoms with Crippen LogP contribution in [-0.2, 0) is 0 Å². The SMILES string of the molecule is Cc1ccc(N2CCN(C(=O)c3cc(-c4ccncc4)nc4ccccc34)C[C@H]2C)cc1. The Balaban J connectivity index is 1.45. The topological polar surface area (TPSA) is 49.3 Å². The highest BCUT2D eigenvalue weighted by molar-refractivity contribution is 6.07. The summed E-state index contributed by atoms with van der Waals surface area (Å²) in [5, 5.41) is 0.893. The van der Waals surface area contributed by atoms with Gasteiger partial charge in [-0.1, -0.05) is 35.9 Å². The van der Waals surface area contributed by atoms with Crippen molar-refractivity contribution in [2.75, 3.05) is 24.5 Å². The van der Waals surface area contributed by atoms with Crippen LogP contribution in [0.25, 0.3) is 22.2 Å². The summed E-state index contributed by atoms with van der Waals surface area (Å²) in [7, 11) is 0. The zero-order valence-corrected chi connectivity index (χ0v) is 18.4. The van der Waals surface area contributed by atoms with Gasteiger partial charge in [0.25, 0.3) is 5.91 Å². The molecule has 0 saturated carbocycles. The van der Waals surface area contributed by atoms with Gasteiger partial charge in [0, 0.05) is 54.7 Å². The van der Waals surface area contributed by atoms with Crippen LogP contribution in [0.2, 0.25) is 0 Å². The summed E-state index contributed by atoms with van der Waals surface area (Å²) < 4.78 is 0. The monoisotopic (exact) mass is 422 g/mol. The molecule has 160 valence electrons. The number of aryl methyl sites for hydroxylation is 1. The summed E-state index contributed by atoms with van der Waals surface area (Å²) in [6.07, 6.45) is 3.50. The molecule has 0 N–H and O–H groups in total. The first-order valence-electron chi connectivity index (χ1n) is 11.0. The molecule has 1 saturated heterocycles. The van der Waals surface area contributed by atoms with E-state index in [1.54, 1.807) is 12.4 Å². The van der Waals surface area contributed by atoms with Gasteiger partial charge in [0.1, 0.15) is 0 Å². The van der Waals surface area contributed by atoms with Crippen molar-refractivity contribution in [3.63, 3.8) is 0 Å². The Morgan fingerprint density at radius 3 is 2.47 bits per heavy atom. The highest BCUT2D eigenvalue weighted by atomic mass is 16.2. The van der Waals surface area contributed by atoms with E-state index in [9.17, 15) is 4.79 Å². The molecule has 2 aromatic heterocycles. The molecule has 0 aliphatic carbocycles. The molecule has 0 spiro atoms. The van der Waals surface area contributed by atoms with Gasteiger partial charge in [-0.2, -0.15) is 0 Å². The minimum Gasteiger partial charge on any atom is -0.365 e. The molecule has 3 heterocycles. The fourth-order valence-corrected chi connectivity index (χ4v) is 4.46. The van der Waals surface area contributed by atoms with Crippen molar-refractivity contribution >= 4 is 22.5 Å². The lowest BCUT2D eigenvalue weighted by Gasteiger charge is -2.41. The first kappa shape index (κ1) is 20.2. The zero-order chi connectivity index (χ0) is 22.1. The molecule has 1 aliphatic heterocycles. The maximum atomic E-state index is 13.7. The van der Waals surface area contributed by atoms with Gasteiger partial charge in [0.05, 0.1) is 16.8 Å². The van der Waals surface area contributed by atoms with Gasteiger partial charge in [0.2, 0.25) is 0 Å². The fraction of sp³-hybridized carbons (Fsp3) is 0.222. The molecular weight excluding hydrogens is 396 g/mol. The van der Waals surface area contributed by atoms with E-state index in [2.05, 4.69) is 48.0 Å². The molecule has 1 amide bonds. The van der Waals surface area contributed by atoms with E-state index in [1.807, 2.05) is 47.4 Å². The highest BCUT2D eigenvalue weighted by Crippen LogP contribution is 2.27. The van der Waals surface area contributed by atoms with E-state index in [4.69, 9.17) is 4.98 Å². The first-order chi connectivity index (χ1) is 15.6. The van der Waals surface area contributed by atoms with E-state index in [1.165, 1.54) is 11.3 Å². The van der Waals surface area contributed by atoms with Crippen LogP contribution in [-0.4, -0.2) is 46.5 Å². The lowest BCUT2D eigenvalue weighted by molar-refractivity contribution is 0.0728. The Bertz CT molecular complexity index is 1250. The fourth-order valence-electron chi connectivity index (χ4n) is 4.46. The van der Waals surface area contributed by atoms with Gasteiger partial charge in [-0.25, -0.2) is 4.98 Å². The summed E-state index contributed by atoms with van der Waals surface area (Å²) in [6, 6.07) is 22.5. The normalized spacial score (nSPS) is 16.4. The minimum atomic E-state index is 0.0642. The second-order valence-electron chi connectivity index (χ2n) is 8.44. The Kier molecular flexibility index (Phi) is 5.31. The number of hydrogen-bond acceptors (Lipinski definition) is 4. The van der Waals surface area contributed by atoms with Crippen molar-refractivity contribution in [1.82, 2.24) is 14.9 Å². The average Bonchev–Trinajstić information content (AvgIpc) is 2.84. The number of benzene rings is 2. The Hall–Kier alpha value is -3.73. The molecule has 0 radical (unpaired) electrons. The number of hydrogen-bond donors (Lipinski definition) is 0. The molecule has 0 unspecified atom stereocenters. The predicted molar refractivity (Wildman–Crippen MR) is 129 cm³/mol. The Morgan fingerprint density at radius 2 is 1.72 bits per heavy atom. The molecule has 1 fully saturated rings. The smallest absolute Gasteiger partial charge is 0.254 e. The van der Waals surface area contributed by atoms with Crippen LogP contribution in [0.5, 0.6) is 0 Å². The zero-order valence-electron chi connectivity index (χ0n) is 18.4. The number of anilines is 1. The Labute approximate surface area is 188 Å². The quantitative estimate of drug-likeness (QED) is 0.468. The number of fused-ring (bicyclic) bond motifs is 1. The van der Waals surface area contributed by atoms with Crippen molar-refractivity contribution in [1.29, 1.82) is 0 Å². The van der Waals surface area contributed by atoms with Crippen LogP contribution >= 0.6 is 0 Å². The molecule has 2 aromatic carbocycles. The van der Waals surface area contributed by atoms with Gasteiger partial charge in [-0.05, 0) is 50.2 Å². The third-order valence-electron chi connectivity index (χ3n) is 6.20. The first-order valence-corrected chi connectivity index (χ1v) is 11.0. The maximum absolute atomic E-state index is 13.7. The predicted octanol–water partition coefficient (Wildman–Crippen LogP) is 4.96. The number of para-hydroxylation sites is 1. The van der Waals surface area contributed by atoms with Gasteiger partial charge in [0.15, 0.2) is 0 Å². The Morgan fingerprint density at radius 1 is 0.969 bits per heavy atom. The van der Waals surface area contributed by atoms with Crippen LogP contribution in [0.3, 0.4) is 0 Å². The number of pyridine rings is 2. The standard InChI is InChI=1S/C27H26N4O/c1-19-7-9-22(10-8-19)31-16-15-30(18-20(31)2)27(32)24-17-26(21-11-13-28-14-12-21)29-25-6-4-3-5-23(24)25/h3-14,17,20H,15-16,18H2,1-2H3/t20-/m1/s1. The van der Waals surface area contributed by atoms with E-state index in [0.29, 0.717) is 18.7 Å². The number of carbonyl (C=O) groups is 1. The third-order valence-corrected chi connectivity index (χ3v) is 6.20. The summed E-state index contributed by atoms with van der Waals surface area (Å²) in [5.74, 6) is 0.0642.